The fourth-order valence-corrected chi connectivity index (χ4v) is 4.76. The fourth-order valence-electron chi connectivity index (χ4n) is 4.76. The zero-order chi connectivity index (χ0) is 22.4. The molecule has 7 heteroatoms. The second-order valence-electron chi connectivity index (χ2n) is 8.30. The zero-order valence-electron chi connectivity index (χ0n) is 18.2. The molecule has 2 aliphatic heterocycles. The molecule has 1 saturated heterocycles. The number of methoxy groups -OCH3 is 1. The molecule has 0 radical (unpaired) electrons. The van der Waals surface area contributed by atoms with E-state index in [0.717, 1.165) is 33.9 Å². The quantitative estimate of drug-likeness (QED) is 0.461. The van der Waals surface area contributed by atoms with Crippen LogP contribution in [-0.4, -0.2) is 35.9 Å². The van der Waals surface area contributed by atoms with Gasteiger partial charge < -0.3 is 23.7 Å². The molecule has 0 N–H and O–H groups in total. The molecule has 6 rings (SSSR count). The standard InChI is InChI=1S/C26H23N3O4/c1-31-22-9-5-2-6-17(22)14-29-21-8-4-3-7-20(21)27-26(29)18-12-25(30)28(15-18)19-10-11-23-24(13-19)33-16-32-23/h2-11,13,18H,12,14-16H2,1H3. The third kappa shape index (κ3) is 3.36. The van der Waals surface area contributed by atoms with Crippen molar-refractivity contribution in [2.45, 2.75) is 18.9 Å². The van der Waals surface area contributed by atoms with Gasteiger partial charge in [0.05, 0.1) is 24.7 Å². The van der Waals surface area contributed by atoms with Crippen LogP contribution in [0.25, 0.3) is 11.0 Å². The fraction of sp³-hybridized carbons (Fsp3) is 0.231. The van der Waals surface area contributed by atoms with Crippen LogP contribution >= 0.6 is 0 Å². The Balaban J connectivity index is 1.37. The van der Waals surface area contributed by atoms with Crippen LogP contribution in [0.3, 0.4) is 0 Å². The van der Waals surface area contributed by atoms with Crippen LogP contribution < -0.4 is 19.1 Å². The lowest BCUT2D eigenvalue weighted by Crippen LogP contribution is -2.24. The maximum absolute atomic E-state index is 13.0. The van der Waals surface area contributed by atoms with Crippen molar-refractivity contribution in [2.75, 3.05) is 25.3 Å². The van der Waals surface area contributed by atoms with Crippen LogP contribution in [0, 0.1) is 0 Å². The molecule has 1 atom stereocenters. The normalized spacial score (nSPS) is 17.2. The molecule has 33 heavy (non-hydrogen) atoms. The molecule has 2 aliphatic rings. The Labute approximate surface area is 191 Å². The van der Waals surface area contributed by atoms with Crippen LogP contribution in [0.2, 0.25) is 0 Å². The number of nitrogens with zero attached hydrogens (tertiary/aromatic N) is 3. The minimum Gasteiger partial charge on any atom is -0.496 e. The van der Waals surface area contributed by atoms with E-state index >= 15 is 0 Å². The number of rotatable bonds is 5. The second kappa shape index (κ2) is 7.85. The minimum atomic E-state index is -0.0231. The number of benzene rings is 3. The van der Waals surface area contributed by atoms with Gasteiger partial charge in [-0.2, -0.15) is 0 Å². The highest BCUT2D eigenvalue weighted by molar-refractivity contribution is 5.97. The molecule has 3 aromatic carbocycles. The van der Waals surface area contributed by atoms with Gasteiger partial charge in [-0.3, -0.25) is 4.79 Å². The number of aromatic nitrogens is 2. The molecule has 166 valence electrons. The van der Waals surface area contributed by atoms with E-state index in [4.69, 9.17) is 19.2 Å². The van der Waals surface area contributed by atoms with Gasteiger partial charge >= 0.3 is 0 Å². The van der Waals surface area contributed by atoms with Crippen molar-refractivity contribution in [3.63, 3.8) is 0 Å². The predicted octanol–water partition coefficient (Wildman–Crippen LogP) is 4.34. The van der Waals surface area contributed by atoms with E-state index < -0.39 is 0 Å². The van der Waals surface area contributed by atoms with Gasteiger partial charge in [-0.15, -0.1) is 0 Å². The van der Waals surface area contributed by atoms with Crippen LogP contribution in [0.1, 0.15) is 23.7 Å². The Kier molecular flexibility index (Phi) is 4.68. The molecular formula is C26H23N3O4. The number of hydrogen-bond acceptors (Lipinski definition) is 5. The Bertz CT molecular complexity index is 1360. The Morgan fingerprint density at radius 2 is 1.85 bits per heavy atom. The molecule has 0 bridgehead atoms. The zero-order valence-corrected chi connectivity index (χ0v) is 18.2. The lowest BCUT2D eigenvalue weighted by atomic mass is 10.1. The smallest absolute Gasteiger partial charge is 0.231 e. The summed E-state index contributed by atoms with van der Waals surface area (Å²) < 4.78 is 18.7. The molecule has 1 aromatic heterocycles. The van der Waals surface area contributed by atoms with Crippen molar-refractivity contribution in [1.82, 2.24) is 9.55 Å². The van der Waals surface area contributed by atoms with Crippen molar-refractivity contribution in [1.29, 1.82) is 0 Å². The Morgan fingerprint density at radius 1 is 1.03 bits per heavy atom. The number of carbonyl (C=O) groups excluding carboxylic acids is 1. The van der Waals surface area contributed by atoms with Gasteiger partial charge in [0.2, 0.25) is 12.7 Å². The Hall–Kier alpha value is -4.00. The third-order valence-corrected chi connectivity index (χ3v) is 6.36. The topological polar surface area (TPSA) is 65.8 Å². The second-order valence-corrected chi connectivity index (χ2v) is 8.30. The van der Waals surface area contributed by atoms with Crippen LogP contribution in [-0.2, 0) is 11.3 Å². The van der Waals surface area contributed by atoms with Gasteiger partial charge in [-0.1, -0.05) is 30.3 Å². The van der Waals surface area contributed by atoms with Gasteiger partial charge in [0.1, 0.15) is 11.6 Å². The third-order valence-electron chi connectivity index (χ3n) is 6.36. The maximum atomic E-state index is 13.0. The van der Waals surface area contributed by atoms with Crippen molar-refractivity contribution in [2.24, 2.45) is 0 Å². The van der Waals surface area contributed by atoms with Gasteiger partial charge in [-0.25, -0.2) is 4.98 Å². The van der Waals surface area contributed by atoms with Crippen LogP contribution in [0.4, 0.5) is 5.69 Å². The highest BCUT2D eigenvalue weighted by atomic mass is 16.7. The monoisotopic (exact) mass is 441 g/mol. The maximum Gasteiger partial charge on any atom is 0.231 e. The van der Waals surface area contributed by atoms with Gasteiger partial charge in [0, 0.05) is 36.2 Å². The van der Waals surface area contributed by atoms with Crippen molar-refractivity contribution < 1.29 is 19.0 Å². The number of hydrogen-bond donors (Lipinski definition) is 0. The summed E-state index contributed by atoms with van der Waals surface area (Å²) >= 11 is 0. The number of carbonyl (C=O) groups is 1. The first-order chi connectivity index (χ1) is 16.2. The van der Waals surface area contributed by atoms with E-state index in [1.165, 1.54) is 0 Å². The van der Waals surface area contributed by atoms with Crippen molar-refractivity contribution in [3.8, 4) is 17.2 Å². The summed E-state index contributed by atoms with van der Waals surface area (Å²) in [5.74, 6) is 3.19. The minimum absolute atomic E-state index is 0.0231. The molecule has 4 aromatic rings. The summed E-state index contributed by atoms with van der Waals surface area (Å²) in [7, 11) is 1.69. The lowest BCUT2D eigenvalue weighted by molar-refractivity contribution is -0.117. The number of fused-ring (bicyclic) bond motifs is 2. The average Bonchev–Trinajstić information content (AvgIpc) is 3.56. The van der Waals surface area contributed by atoms with Gasteiger partial charge in [-0.05, 0) is 30.3 Å². The summed E-state index contributed by atoms with van der Waals surface area (Å²) in [5.41, 5.74) is 3.87. The molecule has 0 aliphatic carbocycles. The van der Waals surface area contributed by atoms with E-state index in [0.29, 0.717) is 31.0 Å². The average molecular weight is 441 g/mol. The first-order valence-electron chi connectivity index (χ1n) is 11.0. The molecule has 0 spiro atoms. The number of anilines is 1. The summed E-state index contributed by atoms with van der Waals surface area (Å²) in [6, 6.07) is 21.8. The molecular weight excluding hydrogens is 418 g/mol. The van der Waals surface area contributed by atoms with E-state index in [1.54, 1.807) is 7.11 Å². The molecule has 1 amide bonds. The van der Waals surface area contributed by atoms with E-state index in [-0.39, 0.29) is 18.6 Å². The van der Waals surface area contributed by atoms with E-state index in [1.807, 2.05) is 59.5 Å². The molecule has 0 saturated carbocycles. The van der Waals surface area contributed by atoms with Crippen LogP contribution in [0.15, 0.2) is 66.7 Å². The Morgan fingerprint density at radius 3 is 2.76 bits per heavy atom. The summed E-state index contributed by atoms with van der Waals surface area (Å²) in [6.07, 6.45) is 0.406. The van der Waals surface area contributed by atoms with E-state index in [9.17, 15) is 4.79 Å². The van der Waals surface area contributed by atoms with Crippen molar-refractivity contribution in [3.05, 3.63) is 78.1 Å². The summed E-state index contributed by atoms with van der Waals surface area (Å²) in [5, 5.41) is 0. The molecule has 1 fully saturated rings. The summed E-state index contributed by atoms with van der Waals surface area (Å²) in [6.45, 7) is 1.39. The molecule has 7 nitrogen and oxygen atoms in total. The summed E-state index contributed by atoms with van der Waals surface area (Å²) in [4.78, 5) is 19.8. The SMILES string of the molecule is COc1ccccc1Cn1c(C2CC(=O)N(c3ccc4c(c3)OCO4)C2)nc2ccccc21. The number of ether oxygens (including phenoxy) is 3. The first kappa shape index (κ1) is 19.7. The number of imidazole rings is 1. The first-order valence-corrected chi connectivity index (χ1v) is 11.0. The highest BCUT2D eigenvalue weighted by Crippen LogP contribution is 2.39. The van der Waals surface area contributed by atoms with Gasteiger partial charge in [0.15, 0.2) is 11.5 Å². The highest BCUT2D eigenvalue weighted by Gasteiger charge is 2.35. The molecule has 3 heterocycles. The predicted molar refractivity (Wildman–Crippen MR) is 124 cm³/mol. The van der Waals surface area contributed by atoms with Crippen molar-refractivity contribution >= 4 is 22.6 Å². The van der Waals surface area contributed by atoms with Crippen LogP contribution in [0.5, 0.6) is 17.2 Å². The lowest BCUT2D eigenvalue weighted by Gasteiger charge is -2.18. The molecule has 1 unspecified atom stereocenters. The number of amides is 1. The van der Waals surface area contributed by atoms with E-state index in [2.05, 4.69) is 16.7 Å². The largest absolute Gasteiger partial charge is 0.496 e. The van der Waals surface area contributed by atoms with Gasteiger partial charge in [0.25, 0.3) is 0 Å². The number of para-hydroxylation sites is 3.